The van der Waals surface area contributed by atoms with E-state index in [1.807, 2.05) is 4.90 Å². The minimum Gasteiger partial charge on any atom is -0.493 e. The molecule has 1 aliphatic rings. The number of nitrogens with zero attached hydrogens (tertiary/aromatic N) is 4. The number of methoxy groups -OCH3 is 2. The van der Waals surface area contributed by atoms with E-state index in [1.54, 1.807) is 43.4 Å². The summed E-state index contributed by atoms with van der Waals surface area (Å²) in [6.45, 7) is 2.30. The van der Waals surface area contributed by atoms with Crippen LogP contribution in [0.25, 0.3) is 10.9 Å². The lowest BCUT2D eigenvalue weighted by molar-refractivity contribution is 0.0714. The fourth-order valence-corrected chi connectivity index (χ4v) is 3.27. The van der Waals surface area contributed by atoms with Crippen LogP contribution in [0.4, 0.5) is 11.8 Å². The molecule has 0 aliphatic carbocycles. The number of carbonyl (C=O) groups excluding carboxylic acids is 1. The molecule has 1 aliphatic heterocycles. The van der Waals surface area contributed by atoms with Gasteiger partial charge in [0, 0.05) is 37.6 Å². The maximum absolute atomic E-state index is 12.4. The van der Waals surface area contributed by atoms with Crippen LogP contribution in [0.15, 0.2) is 34.9 Å². The van der Waals surface area contributed by atoms with E-state index in [0.29, 0.717) is 66.1 Å². The van der Waals surface area contributed by atoms with Crippen molar-refractivity contribution in [3.05, 3.63) is 36.3 Å². The van der Waals surface area contributed by atoms with Gasteiger partial charge in [0.25, 0.3) is 5.91 Å². The van der Waals surface area contributed by atoms with Crippen molar-refractivity contribution in [2.75, 3.05) is 51.0 Å². The number of ether oxygens (including phenoxy) is 2. The molecule has 0 saturated carbocycles. The number of hydrogen-bond donors (Lipinski definition) is 1. The van der Waals surface area contributed by atoms with Gasteiger partial charge in [-0.15, -0.1) is 12.4 Å². The van der Waals surface area contributed by atoms with Gasteiger partial charge in [0.15, 0.2) is 17.3 Å². The van der Waals surface area contributed by atoms with Crippen molar-refractivity contribution < 1.29 is 29.6 Å². The van der Waals surface area contributed by atoms with Gasteiger partial charge in [-0.2, -0.15) is 4.98 Å². The van der Waals surface area contributed by atoms with Crippen LogP contribution in [-0.2, 0) is 0 Å². The van der Waals surface area contributed by atoms with Gasteiger partial charge in [-0.1, -0.05) is 0 Å². The molecule has 1 amide bonds. The largest absolute Gasteiger partial charge is 0.493 e. The quantitative estimate of drug-likeness (QED) is 0.594. The van der Waals surface area contributed by atoms with E-state index in [-0.39, 0.29) is 29.3 Å². The highest BCUT2D eigenvalue weighted by molar-refractivity contribution is 5.92. The van der Waals surface area contributed by atoms with Crippen LogP contribution in [0.2, 0.25) is 0 Å². The Balaban J connectivity index is 0.00000160. The van der Waals surface area contributed by atoms with Crippen molar-refractivity contribution in [1.29, 1.82) is 0 Å². The number of carbonyl (C=O) groups is 1. The second-order valence-electron chi connectivity index (χ2n) is 6.39. The van der Waals surface area contributed by atoms with Crippen molar-refractivity contribution in [2.24, 2.45) is 0 Å². The highest BCUT2D eigenvalue weighted by atomic mass is 35.5. The Kier molecular flexibility index (Phi) is 8.86. The summed E-state index contributed by atoms with van der Waals surface area (Å²) in [5.74, 6) is 2.29. The van der Waals surface area contributed by atoms with Gasteiger partial charge in [-0.25, -0.2) is 4.98 Å². The molecular weight excluding hydrogens is 430 g/mol. The van der Waals surface area contributed by atoms with Crippen LogP contribution < -0.4 is 20.1 Å². The Hall–Kier alpha value is -3.28. The lowest BCUT2D eigenvalue weighted by Gasteiger charge is -2.34. The first-order chi connectivity index (χ1) is 13.6. The van der Waals surface area contributed by atoms with Crippen molar-refractivity contribution >= 4 is 41.0 Å². The Labute approximate surface area is 184 Å². The maximum Gasteiger partial charge on any atom is 0.289 e. The Morgan fingerprint density at radius 3 is 2.29 bits per heavy atom. The first kappa shape index (κ1) is 25.8. The first-order valence-electron chi connectivity index (χ1n) is 8.87. The fourth-order valence-electron chi connectivity index (χ4n) is 3.27. The zero-order valence-corrected chi connectivity index (χ0v) is 17.9. The Bertz CT molecular complexity index is 1010. The molecule has 170 valence electrons. The molecular formula is C19H26ClN5O6. The highest BCUT2D eigenvalue weighted by Gasteiger charge is 2.25. The van der Waals surface area contributed by atoms with Crippen LogP contribution in [0, 0.1) is 0 Å². The molecule has 11 nitrogen and oxygen atoms in total. The van der Waals surface area contributed by atoms with Gasteiger partial charge in [0.1, 0.15) is 5.82 Å². The fraction of sp³-hybridized carbons (Fsp3) is 0.316. The molecule has 2 aromatic heterocycles. The van der Waals surface area contributed by atoms with Crippen molar-refractivity contribution in [1.82, 2.24) is 14.9 Å². The predicted molar refractivity (Wildman–Crippen MR) is 118 cm³/mol. The summed E-state index contributed by atoms with van der Waals surface area (Å²) in [7, 11) is 3.14. The van der Waals surface area contributed by atoms with Crippen molar-refractivity contribution in [3.63, 3.8) is 0 Å². The van der Waals surface area contributed by atoms with Gasteiger partial charge in [-0.05, 0) is 18.2 Å². The van der Waals surface area contributed by atoms with Gasteiger partial charge in [-0.3, -0.25) is 4.79 Å². The number of anilines is 2. The van der Waals surface area contributed by atoms with Crippen molar-refractivity contribution in [2.45, 2.75) is 0 Å². The number of nitrogens with two attached hydrogens (primary N) is 1. The average Bonchev–Trinajstić information content (AvgIpc) is 3.27. The van der Waals surface area contributed by atoms with E-state index < -0.39 is 0 Å². The smallest absolute Gasteiger partial charge is 0.289 e. The highest BCUT2D eigenvalue weighted by Crippen LogP contribution is 2.34. The van der Waals surface area contributed by atoms with Crippen molar-refractivity contribution in [3.8, 4) is 11.5 Å². The minimum atomic E-state index is -0.111. The number of halogens is 1. The third-order valence-corrected chi connectivity index (χ3v) is 4.80. The predicted octanol–water partition coefficient (Wildman–Crippen LogP) is 0.557. The van der Waals surface area contributed by atoms with Gasteiger partial charge in [0.05, 0.1) is 26.0 Å². The number of benzene rings is 1. The van der Waals surface area contributed by atoms with Gasteiger partial charge in [0.2, 0.25) is 5.95 Å². The molecule has 0 atom stereocenters. The summed E-state index contributed by atoms with van der Waals surface area (Å²) in [5.41, 5.74) is 6.84. The zero-order valence-electron chi connectivity index (χ0n) is 17.1. The second-order valence-corrected chi connectivity index (χ2v) is 6.39. The lowest BCUT2D eigenvalue weighted by atomic mass is 10.2. The SMILES string of the molecule is COc1cc2nc(N3CCN(C(=O)c4ccco4)CC3)nc(N)c2cc1OC.Cl.O.O. The molecule has 0 bridgehead atoms. The van der Waals surface area contributed by atoms with E-state index in [9.17, 15) is 4.79 Å². The molecule has 3 aromatic rings. The Morgan fingerprint density at radius 1 is 1.06 bits per heavy atom. The van der Waals surface area contributed by atoms with Crippen LogP contribution in [0.5, 0.6) is 11.5 Å². The molecule has 12 heteroatoms. The number of fused-ring (bicyclic) bond motifs is 1. The third kappa shape index (κ3) is 4.90. The summed E-state index contributed by atoms with van der Waals surface area (Å²) in [6, 6.07) is 6.93. The standard InChI is InChI=1S/C19H21N5O4.ClH.2H2O/c1-26-15-10-12-13(11-16(15)27-2)21-19(22-17(12)20)24-7-5-23(6-8-24)18(25)14-4-3-9-28-14;;;/h3-4,9-11H,5-8H2,1-2H3,(H2,20,21,22);1H;2*1H2. The summed E-state index contributed by atoms with van der Waals surface area (Å²) in [6.07, 6.45) is 1.50. The molecule has 31 heavy (non-hydrogen) atoms. The number of rotatable bonds is 4. The zero-order chi connectivity index (χ0) is 19.7. The summed E-state index contributed by atoms with van der Waals surface area (Å²) in [4.78, 5) is 25.3. The number of nitrogen functional groups attached to an aromatic ring is 1. The number of aromatic nitrogens is 2. The van der Waals surface area contributed by atoms with E-state index in [2.05, 4.69) is 9.97 Å². The van der Waals surface area contributed by atoms with E-state index in [0.717, 1.165) is 0 Å². The third-order valence-electron chi connectivity index (χ3n) is 4.80. The molecule has 0 radical (unpaired) electrons. The van der Waals surface area contributed by atoms with Crippen LogP contribution >= 0.6 is 12.4 Å². The molecule has 1 fully saturated rings. The maximum atomic E-state index is 12.4. The van der Waals surface area contributed by atoms with Crippen LogP contribution in [-0.4, -0.2) is 72.1 Å². The summed E-state index contributed by atoms with van der Waals surface area (Å²) >= 11 is 0. The molecule has 0 unspecified atom stereocenters. The second kappa shape index (κ2) is 10.7. The molecule has 0 spiro atoms. The number of piperazine rings is 1. The number of furan rings is 1. The number of hydrogen-bond acceptors (Lipinski definition) is 8. The molecule has 4 rings (SSSR count). The monoisotopic (exact) mass is 455 g/mol. The molecule has 6 N–H and O–H groups in total. The van der Waals surface area contributed by atoms with E-state index in [1.165, 1.54) is 6.26 Å². The van der Waals surface area contributed by atoms with E-state index in [4.69, 9.17) is 19.6 Å². The van der Waals surface area contributed by atoms with E-state index >= 15 is 0 Å². The number of amides is 1. The average molecular weight is 456 g/mol. The minimum absolute atomic E-state index is 0. The van der Waals surface area contributed by atoms with Gasteiger partial charge < -0.3 is 40.4 Å². The summed E-state index contributed by atoms with van der Waals surface area (Å²) in [5, 5.41) is 0.702. The van der Waals surface area contributed by atoms with Crippen LogP contribution in [0.1, 0.15) is 10.6 Å². The Morgan fingerprint density at radius 2 is 1.71 bits per heavy atom. The molecule has 1 saturated heterocycles. The normalized spacial score (nSPS) is 13.0. The topological polar surface area (TPSA) is 170 Å². The summed E-state index contributed by atoms with van der Waals surface area (Å²) < 4.78 is 15.9. The van der Waals surface area contributed by atoms with Gasteiger partial charge >= 0.3 is 0 Å². The lowest BCUT2D eigenvalue weighted by Crippen LogP contribution is -2.49. The van der Waals surface area contributed by atoms with Crippen LogP contribution in [0.3, 0.4) is 0 Å². The molecule has 1 aromatic carbocycles. The first-order valence-corrected chi connectivity index (χ1v) is 8.87. The molecule has 3 heterocycles.